The first-order valence-corrected chi connectivity index (χ1v) is 10.2. The molecule has 148 valence electrons. The Bertz CT molecular complexity index is 1180. The number of rotatable bonds is 7. The molecule has 0 aliphatic heterocycles. The van der Waals surface area contributed by atoms with Crippen LogP contribution in [0.3, 0.4) is 0 Å². The fraction of sp³-hybridized carbons (Fsp3) is 0.263. The number of aromatic nitrogens is 1. The predicted octanol–water partition coefficient (Wildman–Crippen LogP) is 1.62. The largest absolute Gasteiger partial charge is 0.496 e. The smallest absolute Gasteiger partial charge is 0.419 e. The maximum atomic E-state index is 12.5. The van der Waals surface area contributed by atoms with Crippen LogP contribution in [0.4, 0.5) is 0 Å². The van der Waals surface area contributed by atoms with Crippen LogP contribution in [0, 0.1) is 0 Å². The average Bonchev–Trinajstić information content (AvgIpc) is 2.98. The third-order valence-electron chi connectivity index (χ3n) is 4.39. The van der Waals surface area contributed by atoms with Crippen molar-refractivity contribution in [3.63, 3.8) is 0 Å². The number of para-hydroxylation sites is 1. The second kappa shape index (κ2) is 7.89. The Labute approximate surface area is 161 Å². The molecular weight excluding hydrogens is 384 g/mol. The molecule has 8 nitrogen and oxygen atoms in total. The molecule has 1 heterocycles. The van der Waals surface area contributed by atoms with Crippen LogP contribution in [-0.4, -0.2) is 31.8 Å². The molecule has 0 spiro atoms. The second-order valence-electron chi connectivity index (χ2n) is 6.21. The fourth-order valence-electron chi connectivity index (χ4n) is 2.78. The van der Waals surface area contributed by atoms with Gasteiger partial charge in [-0.3, -0.25) is 9.36 Å². The molecule has 0 aliphatic rings. The molecule has 1 aromatic heterocycles. The number of hydrogen-bond acceptors (Lipinski definition) is 6. The number of hydrogen-bond donors (Lipinski definition) is 1. The van der Waals surface area contributed by atoms with Gasteiger partial charge in [-0.2, -0.15) is 0 Å². The number of methoxy groups -OCH3 is 1. The van der Waals surface area contributed by atoms with E-state index in [4.69, 9.17) is 9.15 Å². The average molecular weight is 404 g/mol. The van der Waals surface area contributed by atoms with Crippen LogP contribution in [0.2, 0.25) is 0 Å². The highest BCUT2D eigenvalue weighted by atomic mass is 32.2. The molecule has 9 heteroatoms. The summed E-state index contributed by atoms with van der Waals surface area (Å²) in [7, 11) is -0.626. The number of nitrogens with one attached hydrogen (secondary N) is 1. The maximum Gasteiger partial charge on any atom is 0.419 e. The summed E-state index contributed by atoms with van der Waals surface area (Å²) in [5.74, 6) is -0.664. The number of fused-ring (bicyclic) bond motifs is 1. The summed E-state index contributed by atoms with van der Waals surface area (Å²) in [6, 6.07) is 11.5. The zero-order chi connectivity index (χ0) is 20.3. The Hall–Kier alpha value is -3.07. The SMILES string of the molecule is COc1ccccc1CNC(=O)CCS(=O)(=O)c1ccc2c(c1)oc(=O)n2C. The Morgan fingerprint density at radius 3 is 2.71 bits per heavy atom. The third-order valence-corrected chi connectivity index (χ3v) is 6.10. The monoisotopic (exact) mass is 404 g/mol. The van der Waals surface area contributed by atoms with Crippen LogP contribution in [0.5, 0.6) is 5.75 Å². The van der Waals surface area contributed by atoms with Gasteiger partial charge in [0.1, 0.15) is 5.75 Å². The van der Waals surface area contributed by atoms with E-state index in [2.05, 4.69) is 5.32 Å². The lowest BCUT2D eigenvalue weighted by Gasteiger charge is -2.10. The first-order valence-electron chi connectivity index (χ1n) is 8.53. The van der Waals surface area contributed by atoms with Gasteiger partial charge in [-0.05, 0) is 18.2 Å². The van der Waals surface area contributed by atoms with E-state index in [0.717, 1.165) is 5.56 Å². The summed E-state index contributed by atoms with van der Waals surface area (Å²) in [6.45, 7) is 0.240. The first-order chi connectivity index (χ1) is 13.3. The van der Waals surface area contributed by atoms with E-state index in [0.29, 0.717) is 11.3 Å². The molecule has 0 atom stereocenters. The predicted molar refractivity (Wildman–Crippen MR) is 103 cm³/mol. The van der Waals surface area contributed by atoms with E-state index in [1.54, 1.807) is 13.2 Å². The quantitative estimate of drug-likeness (QED) is 0.641. The number of nitrogens with zero attached hydrogens (tertiary/aromatic N) is 1. The molecule has 3 rings (SSSR count). The van der Waals surface area contributed by atoms with Crippen LogP contribution in [0.1, 0.15) is 12.0 Å². The van der Waals surface area contributed by atoms with Crippen molar-refractivity contribution in [1.82, 2.24) is 9.88 Å². The van der Waals surface area contributed by atoms with Gasteiger partial charge in [-0.1, -0.05) is 18.2 Å². The van der Waals surface area contributed by atoms with Crippen LogP contribution < -0.4 is 15.8 Å². The fourth-order valence-corrected chi connectivity index (χ4v) is 4.04. The molecule has 0 saturated heterocycles. The van der Waals surface area contributed by atoms with Crippen LogP contribution in [-0.2, 0) is 28.2 Å². The number of aryl methyl sites for hydroxylation is 1. The van der Waals surface area contributed by atoms with Crippen molar-refractivity contribution in [1.29, 1.82) is 0 Å². The van der Waals surface area contributed by atoms with Crippen molar-refractivity contribution < 1.29 is 22.4 Å². The van der Waals surface area contributed by atoms with Crippen LogP contribution in [0.15, 0.2) is 56.6 Å². The van der Waals surface area contributed by atoms with E-state index in [1.807, 2.05) is 18.2 Å². The van der Waals surface area contributed by atoms with E-state index >= 15 is 0 Å². The molecular formula is C19H20N2O6S. The van der Waals surface area contributed by atoms with Crippen molar-refractivity contribution in [3.05, 3.63) is 58.6 Å². The minimum atomic E-state index is -3.70. The molecule has 0 bridgehead atoms. The van der Waals surface area contributed by atoms with E-state index in [9.17, 15) is 18.0 Å². The minimum absolute atomic E-state index is 0.00637. The molecule has 28 heavy (non-hydrogen) atoms. The van der Waals surface area contributed by atoms with Gasteiger partial charge in [0.15, 0.2) is 15.4 Å². The van der Waals surface area contributed by atoms with Crippen molar-refractivity contribution in [2.24, 2.45) is 7.05 Å². The topological polar surface area (TPSA) is 108 Å². The van der Waals surface area contributed by atoms with Gasteiger partial charge >= 0.3 is 5.76 Å². The minimum Gasteiger partial charge on any atom is -0.496 e. The number of sulfone groups is 1. The van der Waals surface area contributed by atoms with Gasteiger partial charge in [0.05, 0.1) is 23.3 Å². The lowest BCUT2D eigenvalue weighted by molar-refractivity contribution is -0.120. The van der Waals surface area contributed by atoms with Crippen molar-refractivity contribution >= 4 is 26.8 Å². The Morgan fingerprint density at radius 2 is 1.96 bits per heavy atom. The Kier molecular flexibility index (Phi) is 5.55. The lowest BCUT2D eigenvalue weighted by Crippen LogP contribution is -2.25. The lowest BCUT2D eigenvalue weighted by atomic mass is 10.2. The normalized spacial score (nSPS) is 11.5. The van der Waals surface area contributed by atoms with Gasteiger partial charge < -0.3 is 14.5 Å². The van der Waals surface area contributed by atoms with Crippen LogP contribution >= 0.6 is 0 Å². The molecule has 0 fully saturated rings. The standard InChI is InChI=1S/C19H20N2O6S/c1-21-15-8-7-14(11-17(15)27-19(21)23)28(24,25)10-9-18(22)20-12-13-5-3-4-6-16(13)26-2/h3-8,11H,9-10,12H2,1-2H3,(H,20,22). The number of oxazole rings is 1. The Morgan fingerprint density at radius 1 is 1.21 bits per heavy atom. The van der Waals surface area contributed by atoms with E-state index in [1.165, 1.54) is 29.8 Å². The zero-order valence-corrected chi connectivity index (χ0v) is 16.3. The van der Waals surface area contributed by atoms with Crippen molar-refractivity contribution in [2.45, 2.75) is 17.9 Å². The number of ether oxygens (including phenoxy) is 1. The van der Waals surface area contributed by atoms with Crippen molar-refractivity contribution in [2.75, 3.05) is 12.9 Å². The highest BCUT2D eigenvalue weighted by Gasteiger charge is 2.19. The summed E-state index contributed by atoms with van der Waals surface area (Å²) in [4.78, 5) is 23.6. The third kappa shape index (κ3) is 4.09. The molecule has 0 unspecified atom stereocenters. The van der Waals surface area contributed by atoms with E-state index in [-0.39, 0.29) is 35.1 Å². The second-order valence-corrected chi connectivity index (χ2v) is 8.32. The Balaban J connectivity index is 1.64. The number of carbonyl (C=O) groups is 1. The number of amides is 1. The molecule has 2 aromatic carbocycles. The molecule has 0 saturated carbocycles. The van der Waals surface area contributed by atoms with Gasteiger partial charge in [-0.15, -0.1) is 0 Å². The van der Waals surface area contributed by atoms with Gasteiger partial charge in [0.25, 0.3) is 0 Å². The molecule has 3 aromatic rings. The summed E-state index contributed by atoms with van der Waals surface area (Å²) in [6.07, 6.45) is -0.186. The number of carbonyl (C=O) groups excluding carboxylic acids is 1. The number of benzene rings is 2. The summed E-state index contributed by atoms with van der Waals surface area (Å²) < 4.78 is 36.6. The van der Waals surface area contributed by atoms with E-state index < -0.39 is 15.6 Å². The summed E-state index contributed by atoms with van der Waals surface area (Å²) >= 11 is 0. The summed E-state index contributed by atoms with van der Waals surface area (Å²) in [5.41, 5.74) is 1.48. The van der Waals surface area contributed by atoms with Gasteiger partial charge in [0, 0.05) is 31.6 Å². The molecule has 0 aliphatic carbocycles. The molecule has 1 amide bonds. The van der Waals surface area contributed by atoms with Gasteiger partial charge in [-0.25, -0.2) is 13.2 Å². The maximum absolute atomic E-state index is 12.5. The van der Waals surface area contributed by atoms with Crippen molar-refractivity contribution in [3.8, 4) is 5.75 Å². The molecule has 1 N–H and O–H groups in total. The first kappa shape index (κ1) is 19.7. The van der Waals surface area contributed by atoms with Gasteiger partial charge in [0.2, 0.25) is 5.91 Å². The zero-order valence-electron chi connectivity index (χ0n) is 15.5. The molecule has 0 radical (unpaired) electrons. The highest BCUT2D eigenvalue weighted by molar-refractivity contribution is 7.91. The summed E-state index contributed by atoms with van der Waals surface area (Å²) in [5, 5.41) is 2.69. The highest BCUT2D eigenvalue weighted by Crippen LogP contribution is 2.20. The van der Waals surface area contributed by atoms with Crippen LogP contribution in [0.25, 0.3) is 11.1 Å².